The highest BCUT2D eigenvalue weighted by molar-refractivity contribution is 7.99. The third kappa shape index (κ3) is 3.53. The molecule has 0 heterocycles. The fraction of sp³-hybridized carbons (Fsp3) is 0.200. The van der Waals surface area contributed by atoms with E-state index in [1.54, 1.807) is 11.8 Å². The molecule has 2 heteroatoms. The van der Waals surface area contributed by atoms with Crippen LogP contribution in [0.1, 0.15) is 13.3 Å². The van der Waals surface area contributed by atoms with E-state index in [4.69, 9.17) is 4.74 Å². The minimum Gasteiger partial charge on any atom is -0.492 e. The Bertz CT molecular complexity index is 453. The summed E-state index contributed by atoms with van der Waals surface area (Å²) in [6.07, 6.45) is 1.03. The quantitative estimate of drug-likeness (QED) is 0.758. The van der Waals surface area contributed by atoms with Gasteiger partial charge in [-0.15, -0.1) is 0 Å². The molecule has 0 radical (unpaired) electrons. The van der Waals surface area contributed by atoms with Crippen molar-refractivity contribution in [3.63, 3.8) is 0 Å². The molecule has 0 aliphatic heterocycles. The predicted octanol–water partition coefficient (Wildman–Crippen LogP) is 4.63. The van der Waals surface area contributed by atoms with Crippen LogP contribution in [0.2, 0.25) is 0 Å². The Morgan fingerprint density at radius 2 is 1.65 bits per heavy atom. The second-order valence-electron chi connectivity index (χ2n) is 3.71. The van der Waals surface area contributed by atoms with E-state index in [0.29, 0.717) is 0 Å². The van der Waals surface area contributed by atoms with Crippen molar-refractivity contribution in [1.29, 1.82) is 0 Å². The average Bonchev–Trinajstić information content (AvgIpc) is 2.39. The molecule has 0 saturated carbocycles. The lowest BCUT2D eigenvalue weighted by Crippen LogP contribution is -1.95. The third-order valence-electron chi connectivity index (χ3n) is 2.28. The molecular weight excluding hydrogens is 228 g/mol. The summed E-state index contributed by atoms with van der Waals surface area (Å²) in [5, 5.41) is 0. The summed E-state index contributed by atoms with van der Waals surface area (Å²) < 4.78 is 5.74. The van der Waals surface area contributed by atoms with Crippen LogP contribution in [0.25, 0.3) is 0 Å². The Morgan fingerprint density at radius 3 is 2.41 bits per heavy atom. The highest BCUT2D eigenvalue weighted by Crippen LogP contribution is 2.34. The average molecular weight is 244 g/mol. The topological polar surface area (TPSA) is 9.23 Å². The van der Waals surface area contributed by atoms with Crippen molar-refractivity contribution in [1.82, 2.24) is 0 Å². The SMILES string of the molecule is CCCOc1ccccc1Sc1ccccc1. The number of hydrogen-bond donors (Lipinski definition) is 0. The molecule has 2 aromatic carbocycles. The predicted molar refractivity (Wildman–Crippen MR) is 72.8 cm³/mol. The molecule has 0 aromatic heterocycles. The van der Waals surface area contributed by atoms with Crippen molar-refractivity contribution in [2.75, 3.05) is 6.61 Å². The lowest BCUT2D eigenvalue weighted by Gasteiger charge is -2.10. The van der Waals surface area contributed by atoms with Crippen LogP contribution < -0.4 is 4.74 Å². The van der Waals surface area contributed by atoms with Crippen molar-refractivity contribution in [2.45, 2.75) is 23.1 Å². The van der Waals surface area contributed by atoms with Gasteiger partial charge in [0.25, 0.3) is 0 Å². The van der Waals surface area contributed by atoms with E-state index in [9.17, 15) is 0 Å². The van der Waals surface area contributed by atoms with E-state index >= 15 is 0 Å². The Balaban J connectivity index is 2.15. The van der Waals surface area contributed by atoms with Crippen LogP contribution in [0.3, 0.4) is 0 Å². The lowest BCUT2D eigenvalue weighted by atomic mass is 10.3. The van der Waals surface area contributed by atoms with E-state index in [1.165, 1.54) is 9.79 Å². The second kappa shape index (κ2) is 6.36. The minimum atomic E-state index is 0.770. The van der Waals surface area contributed by atoms with Gasteiger partial charge in [-0.3, -0.25) is 0 Å². The zero-order valence-corrected chi connectivity index (χ0v) is 10.7. The molecule has 0 atom stereocenters. The van der Waals surface area contributed by atoms with Gasteiger partial charge in [-0.2, -0.15) is 0 Å². The fourth-order valence-electron chi connectivity index (χ4n) is 1.48. The first kappa shape index (κ1) is 12.1. The van der Waals surface area contributed by atoms with Crippen LogP contribution in [0.5, 0.6) is 5.75 Å². The second-order valence-corrected chi connectivity index (χ2v) is 4.83. The summed E-state index contributed by atoms with van der Waals surface area (Å²) in [7, 11) is 0. The number of ether oxygens (including phenoxy) is 1. The van der Waals surface area contributed by atoms with Gasteiger partial charge < -0.3 is 4.74 Å². The van der Waals surface area contributed by atoms with E-state index < -0.39 is 0 Å². The van der Waals surface area contributed by atoms with Gasteiger partial charge in [0.1, 0.15) is 5.75 Å². The molecule has 2 aromatic rings. The Labute approximate surface area is 107 Å². The van der Waals surface area contributed by atoms with Gasteiger partial charge >= 0.3 is 0 Å². The summed E-state index contributed by atoms with van der Waals surface area (Å²) in [4.78, 5) is 2.41. The zero-order valence-electron chi connectivity index (χ0n) is 9.93. The molecule has 0 fully saturated rings. The summed E-state index contributed by atoms with van der Waals surface area (Å²) in [5.41, 5.74) is 0. The van der Waals surface area contributed by atoms with Crippen molar-refractivity contribution in [3.8, 4) is 5.75 Å². The molecule has 1 nitrogen and oxygen atoms in total. The maximum absolute atomic E-state index is 5.74. The van der Waals surface area contributed by atoms with E-state index in [1.807, 2.05) is 24.3 Å². The normalized spacial score (nSPS) is 10.2. The van der Waals surface area contributed by atoms with Crippen LogP contribution in [0, 0.1) is 0 Å². The molecule has 0 N–H and O–H groups in total. The van der Waals surface area contributed by atoms with Crippen molar-refractivity contribution < 1.29 is 4.74 Å². The fourth-order valence-corrected chi connectivity index (χ4v) is 2.40. The van der Waals surface area contributed by atoms with Crippen LogP contribution >= 0.6 is 11.8 Å². The maximum atomic E-state index is 5.74. The molecule has 0 saturated heterocycles. The first-order valence-electron chi connectivity index (χ1n) is 5.85. The smallest absolute Gasteiger partial charge is 0.133 e. The van der Waals surface area contributed by atoms with E-state index in [0.717, 1.165) is 18.8 Å². The van der Waals surface area contributed by atoms with Crippen LogP contribution in [-0.2, 0) is 0 Å². The monoisotopic (exact) mass is 244 g/mol. The van der Waals surface area contributed by atoms with Crippen molar-refractivity contribution >= 4 is 11.8 Å². The third-order valence-corrected chi connectivity index (χ3v) is 3.35. The summed E-state index contributed by atoms with van der Waals surface area (Å²) in [6.45, 7) is 2.89. The van der Waals surface area contributed by atoms with Crippen molar-refractivity contribution in [3.05, 3.63) is 54.6 Å². The maximum Gasteiger partial charge on any atom is 0.133 e. The first-order chi connectivity index (χ1) is 8.40. The molecule has 0 bridgehead atoms. The molecule has 0 aliphatic rings. The molecule has 0 unspecified atom stereocenters. The van der Waals surface area contributed by atoms with E-state index in [-0.39, 0.29) is 0 Å². The standard InChI is InChI=1S/C15H16OS/c1-2-12-16-14-10-6-7-11-15(14)17-13-8-4-3-5-9-13/h3-11H,2,12H2,1H3. The Hall–Kier alpha value is -1.41. The minimum absolute atomic E-state index is 0.770. The largest absolute Gasteiger partial charge is 0.492 e. The molecule has 88 valence electrons. The van der Waals surface area contributed by atoms with Gasteiger partial charge in [-0.05, 0) is 30.7 Å². The molecule has 0 spiro atoms. The van der Waals surface area contributed by atoms with Crippen LogP contribution in [-0.4, -0.2) is 6.61 Å². The highest BCUT2D eigenvalue weighted by Gasteiger charge is 2.04. The highest BCUT2D eigenvalue weighted by atomic mass is 32.2. The molecule has 2 rings (SSSR count). The zero-order chi connectivity index (χ0) is 11.9. The lowest BCUT2D eigenvalue weighted by molar-refractivity contribution is 0.310. The number of para-hydroxylation sites is 1. The van der Waals surface area contributed by atoms with Crippen LogP contribution in [0.4, 0.5) is 0 Å². The van der Waals surface area contributed by atoms with Gasteiger partial charge in [-0.1, -0.05) is 49.0 Å². The van der Waals surface area contributed by atoms with Gasteiger partial charge in [0, 0.05) is 4.90 Å². The summed E-state index contributed by atoms with van der Waals surface area (Å²) in [6, 6.07) is 18.6. The van der Waals surface area contributed by atoms with Crippen LogP contribution in [0.15, 0.2) is 64.4 Å². The number of hydrogen-bond acceptors (Lipinski definition) is 2. The van der Waals surface area contributed by atoms with Gasteiger partial charge in [0.05, 0.1) is 11.5 Å². The van der Waals surface area contributed by atoms with Gasteiger partial charge in [0.15, 0.2) is 0 Å². The Morgan fingerprint density at radius 1 is 0.941 bits per heavy atom. The number of rotatable bonds is 5. The summed E-state index contributed by atoms with van der Waals surface area (Å²) in [5.74, 6) is 0.975. The van der Waals surface area contributed by atoms with Gasteiger partial charge in [-0.25, -0.2) is 0 Å². The molecule has 0 aliphatic carbocycles. The summed E-state index contributed by atoms with van der Waals surface area (Å²) >= 11 is 1.74. The Kier molecular flexibility index (Phi) is 4.51. The van der Waals surface area contributed by atoms with Gasteiger partial charge in [0.2, 0.25) is 0 Å². The molecule has 17 heavy (non-hydrogen) atoms. The molecular formula is C15H16OS. The van der Waals surface area contributed by atoms with E-state index in [2.05, 4.69) is 37.3 Å². The first-order valence-corrected chi connectivity index (χ1v) is 6.66. The number of benzene rings is 2. The van der Waals surface area contributed by atoms with Crippen molar-refractivity contribution in [2.24, 2.45) is 0 Å². The molecule has 0 amide bonds.